The van der Waals surface area contributed by atoms with Gasteiger partial charge in [-0.1, -0.05) is 148 Å². The molecule has 0 saturated heterocycles. The van der Waals surface area contributed by atoms with Crippen molar-refractivity contribution in [1.29, 1.82) is 0 Å². The van der Waals surface area contributed by atoms with Crippen LogP contribution >= 0.6 is 0 Å². The molecule has 58 heavy (non-hydrogen) atoms. The van der Waals surface area contributed by atoms with Crippen LogP contribution in [-0.4, -0.2) is 49.1 Å². The zero-order valence-corrected chi connectivity index (χ0v) is 36.2. The predicted molar refractivity (Wildman–Crippen MR) is 243 cm³/mol. The van der Waals surface area contributed by atoms with Gasteiger partial charge in [-0.2, -0.15) is 0 Å². The standard InChI is InChI=1S/C50H74N2O6/c1-6-8-10-12-14-16-18-20-22-24-25-27-29-30-32-34-36-38-40-42-46(53)51-44(3)49(55)58-45(4)48(50(56)57-5)52-47(54)43-41-39-37-35-33-31-28-26-23-21-19-17-15-13-11-9-7-2/h8-11,14-17,20-23,25,27-28,30-32,35-38,44-45,48H,6-7,12-13,18-19,24,26,29,33-34,39-43H2,1-5H3,(H,51,53)(H,52,54)/t44?,45-,48+/m1/s1. The van der Waals surface area contributed by atoms with Crippen LogP contribution in [0.25, 0.3) is 0 Å². The Labute approximate surface area is 351 Å². The van der Waals surface area contributed by atoms with E-state index in [-0.39, 0.29) is 24.7 Å². The Kier molecular flexibility index (Phi) is 36.8. The summed E-state index contributed by atoms with van der Waals surface area (Å²) in [6, 6.07) is -2.11. The van der Waals surface area contributed by atoms with Gasteiger partial charge in [0.1, 0.15) is 12.1 Å². The number of amides is 2. The molecular weight excluding hydrogens is 725 g/mol. The van der Waals surface area contributed by atoms with Crippen LogP contribution in [0.2, 0.25) is 0 Å². The molecule has 0 aliphatic carbocycles. The lowest BCUT2D eigenvalue weighted by Crippen LogP contribution is -2.51. The van der Waals surface area contributed by atoms with Gasteiger partial charge in [-0.25, -0.2) is 9.59 Å². The van der Waals surface area contributed by atoms with Crippen molar-refractivity contribution < 1.29 is 28.7 Å². The Balaban J connectivity index is 4.32. The van der Waals surface area contributed by atoms with Crippen LogP contribution in [0.1, 0.15) is 130 Å². The lowest BCUT2D eigenvalue weighted by molar-refractivity contribution is -0.159. The summed E-state index contributed by atoms with van der Waals surface area (Å²) in [5.74, 6) is -2.07. The van der Waals surface area contributed by atoms with Gasteiger partial charge in [-0.15, -0.1) is 0 Å². The van der Waals surface area contributed by atoms with E-state index in [0.717, 1.165) is 70.6 Å². The number of unbranched alkanes of at least 4 members (excludes halogenated alkanes) is 1. The summed E-state index contributed by atoms with van der Waals surface area (Å²) in [6.45, 7) is 7.30. The highest BCUT2D eigenvalue weighted by Gasteiger charge is 2.31. The number of esters is 2. The Morgan fingerprint density at radius 2 is 0.793 bits per heavy atom. The first-order valence-electron chi connectivity index (χ1n) is 21.3. The van der Waals surface area contributed by atoms with Gasteiger partial charge in [0, 0.05) is 12.8 Å². The first-order valence-corrected chi connectivity index (χ1v) is 21.3. The molecule has 1 unspecified atom stereocenters. The van der Waals surface area contributed by atoms with Crippen molar-refractivity contribution in [2.24, 2.45) is 0 Å². The Morgan fingerprint density at radius 3 is 1.17 bits per heavy atom. The lowest BCUT2D eigenvalue weighted by atomic mass is 10.1. The molecule has 2 N–H and O–H groups in total. The second kappa shape index (κ2) is 40.2. The fourth-order valence-electron chi connectivity index (χ4n) is 5.07. The molecule has 0 bridgehead atoms. The molecule has 0 aliphatic heterocycles. The zero-order valence-electron chi connectivity index (χ0n) is 36.2. The van der Waals surface area contributed by atoms with E-state index in [0.29, 0.717) is 19.3 Å². The summed E-state index contributed by atoms with van der Waals surface area (Å²) in [4.78, 5) is 50.2. The maximum atomic E-state index is 12.7. The SMILES string of the molecule is CCC=CCC=CCC=CCC=CCC=CCC=CCCC(=O)NC(C)C(=O)O[C@H](C)[C@H](NC(=O)CCCC=CCC=CCC=CCC=CCC=CCC)C(=O)OC. The Bertz CT molecular complexity index is 1440. The molecule has 3 atom stereocenters. The number of ether oxygens (including phenoxy) is 2. The average molecular weight is 799 g/mol. The van der Waals surface area contributed by atoms with Gasteiger partial charge < -0.3 is 20.1 Å². The van der Waals surface area contributed by atoms with Crippen LogP contribution in [0.5, 0.6) is 0 Å². The van der Waals surface area contributed by atoms with Crippen molar-refractivity contribution in [3.63, 3.8) is 0 Å². The quantitative estimate of drug-likeness (QED) is 0.0389. The molecule has 0 aromatic rings. The monoisotopic (exact) mass is 799 g/mol. The summed E-state index contributed by atoms with van der Waals surface area (Å²) in [6.07, 6.45) is 58.5. The first kappa shape index (κ1) is 53.0. The van der Waals surface area contributed by atoms with Gasteiger partial charge >= 0.3 is 11.9 Å². The van der Waals surface area contributed by atoms with Gasteiger partial charge in [0.25, 0.3) is 0 Å². The molecule has 320 valence electrons. The number of carbonyl (C=O) groups excluding carboxylic acids is 4. The molecule has 0 heterocycles. The molecule has 0 spiro atoms. The number of methoxy groups -OCH3 is 1. The van der Waals surface area contributed by atoms with Gasteiger partial charge in [-0.3, -0.25) is 9.59 Å². The van der Waals surface area contributed by atoms with Crippen molar-refractivity contribution in [3.05, 3.63) is 134 Å². The van der Waals surface area contributed by atoms with Crippen LogP contribution in [0.4, 0.5) is 0 Å². The van der Waals surface area contributed by atoms with Crippen LogP contribution < -0.4 is 10.6 Å². The molecule has 8 nitrogen and oxygen atoms in total. The molecule has 0 rings (SSSR count). The molecule has 0 radical (unpaired) electrons. The largest absolute Gasteiger partial charge is 0.467 e. The Hall–Kier alpha value is -4.98. The number of rotatable bonds is 33. The highest BCUT2D eigenvalue weighted by molar-refractivity contribution is 5.86. The molecular formula is C50H74N2O6. The maximum Gasteiger partial charge on any atom is 0.332 e. The fourth-order valence-corrected chi connectivity index (χ4v) is 5.07. The van der Waals surface area contributed by atoms with Crippen LogP contribution in [0.3, 0.4) is 0 Å². The number of carbonyl (C=O) groups is 4. The zero-order chi connectivity index (χ0) is 42.7. The third-order valence-electron chi connectivity index (χ3n) is 8.34. The molecule has 2 amide bonds. The van der Waals surface area contributed by atoms with Crippen LogP contribution in [0.15, 0.2) is 134 Å². The molecule has 0 aromatic carbocycles. The molecule has 0 saturated carbocycles. The molecule has 0 fully saturated rings. The van der Waals surface area contributed by atoms with Gasteiger partial charge in [0.15, 0.2) is 6.04 Å². The van der Waals surface area contributed by atoms with E-state index in [1.54, 1.807) is 0 Å². The second-order valence-corrected chi connectivity index (χ2v) is 13.6. The third-order valence-corrected chi connectivity index (χ3v) is 8.34. The minimum Gasteiger partial charge on any atom is -0.467 e. The molecule has 0 aliphatic rings. The summed E-state index contributed by atoms with van der Waals surface area (Å²) in [5, 5.41) is 5.28. The summed E-state index contributed by atoms with van der Waals surface area (Å²) >= 11 is 0. The third kappa shape index (κ3) is 34.3. The van der Waals surface area contributed by atoms with E-state index in [9.17, 15) is 19.2 Å². The normalized spacial score (nSPS) is 14.4. The van der Waals surface area contributed by atoms with Crippen molar-refractivity contribution in [2.45, 2.75) is 149 Å². The number of allylic oxidation sites excluding steroid dienone is 22. The van der Waals surface area contributed by atoms with E-state index in [1.165, 1.54) is 21.0 Å². The molecule has 0 aromatic heterocycles. The van der Waals surface area contributed by atoms with Crippen LogP contribution in [-0.2, 0) is 28.7 Å². The van der Waals surface area contributed by atoms with E-state index < -0.39 is 30.1 Å². The second-order valence-electron chi connectivity index (χ2n) is 13.6. The Morgan fingerprint density at radius 1 is 0.448 bits per heavy atom. The number of hydrogen-bond donors (Lipinski definition) is 2. The van der Waals surface area contributed by atoms with Crippen molar-refractivity contribution in [2.75, 3.05) is 7.11 Å². The summed E-state index contributed by atoms with van der Waals surface area (Å²) in [5.41, 5.74) is 0. The maximum absolute atomic E-state index is 12.7. The van der Waals surface area contributed by atoms with Crippen molar-refractivity contribution >= 4 is 23.8 Å². The number of nitrogens with one attached hydrogen (secondary N) is 2. The van der Waals surface area contributed by atoms with E-state index >= 15 is 0 Å². The van der Waals surface area contributed by atoms with E-state index in [4.69, 9.17) is 9.47 Å². The topological polar surface area (TPSA) is 111 Å². The number of hydrogen-bond acceptors (Lipinski definition) is 6. The van der Waals surface area contributed by atoms with Crippen molar-refractivity contribution in [1.82, 2.24) is 10.6 Å². The minimum atomic E-state index is -1.17. The average Bonchev–Trinajstić information content (AvgIpc) is 3.21. The van der Waals surface area contributed by atoms with Gasteiger partial charge in [-0.05, 0) is 104 Å². The van der Waals surface area contributed by atoms with Gasteiger partial charge in [0.05, 0.1) is 7.11 Å². The molecule has 8 heteroatoms. The van der Waals surface area contributed by atoms with Crippen molar-refractivity contribution in [3.8, 4) is 0 Å². The fraction of sp³-hybridized carbons (Fsp3) is 0.480. The smallest absolute Gasteiger partial charge is 0.332 e. The lowest BCUT2D eigenvalue weighted by Gasteiger charge is -2.24. The predicted octanol–water partition coefficient (Wildman–Crippen LogP) is 11.5. The first-order chi connectivity index (χ1) is 28.3. The highest BCUT2D eigenvalue weighted by atomic mass is 16.6. The van der Waals surface area contributed by atoms with E-state index in [2.05, 4.69) is 140 Å². The van der Waals surface area contributed by atoms with E-state index in [1.807, 2.05) is 18.2 Å². The highest BCUT2D eigenvalue weighted by Crippen LogP contribution is 2.07. The summed E-state index contributed by atoms with van der Waals surface area (Å²) < 4.78 is 10.3. The van der Waals surface area contributed by atoms with Crippen LogP contribution in [0, 0.1) is 0 Å². The summed E-state index contributed by atoms with van der Waals surface area (Å²) in [7, 11) is 1.21. The minimum absolute atomic E-state index is 0.200. The van der Waals surface area contributed by atoms with Gasteiger partial charge in [0.2, 0.25) is 11.8 Å².